The number of oxazole rings is 1. The van der Waals surface area contributed by atoms with E-state index in [0.29, 0.717) is 27.0 Å². The van der Waals surface area contributed by atoms with Crippen molar-refractivity contribution in [2.75, 3.05) is 0 Å². The van der Waals surface area contributed by atoms with Gasteiger partial charge in [0.2, 0.25) is 5.89 Å². The van der Waals surface area contributed by atoms with Crippen molar-refractivity contribution in [1.29, 1.82) is 0 Å². The van der Waals surface area contributed by atoms with Crippen LogP contribution in [0.1, 0.15) is 44.0 Å². The largest absolute Gasteiger partial charge is 0.444 e. The molecule has 0 atom stereocenters. The summed E-state index contributed by atoms with van der Waals surface area (Å²) in [7, 11) is 1.60. The van der Waals surface area contributed by atoms with Gasteiger partial charge in [0.05, 0.1) is 29.2 Å². The lowest BCUT2D eigenvalue weighted by Crippen LogP contribution is -2.23. The van der Waals surface area contributed by atoms with Crippen LogP contribution in [-0.2, 0) is 13.6 Å². The van der Waals surface area contributed by atoms with Crippen LogP contribution in [0.15, 0.2) is 9.21 Å². The van der Waals surface area contributed by atoms with Crippen LogP contribution in [0.4, 0.5) is 0 Å². The summed E-state index contributed by atoms with van der Waals surface area (Å²) in [4.78, 5) is 34.3. The number of thiazole rings is 1. The quantitative estimate of drug-likeness (QED) is 0.737. The number of amides is 1. The molecule has 3 rings (SSSR count). The van der Waals surface area contributed by atoms with Gasteiger partial charge in [0.15, 0.2) is 0 Å². The molecular formula is C18H21N5O3S. The molecule has 0 aliphatic carbocycles. The van der Waals surface area contributed by atoms with Crippen LogP contribution in [0.3, 0.4) is 0 Å². The summed E-state index contributed by atoms with van der Waals surface area (Å²) in [6, 6.07) is 0. The highest BCUT2D eigenvalue weighted by Crippen LogP contribution is 2.28. The van der Waals surface area contributed by atoms with E-state index >= 15 is 0 Å². The Bertz CT molecular complexity index is 1070. The number of rotatable bonds is 4. The SMILES string of the molecule is Cc1nc(CNC(=O)c2sc(-c3c(C)c(C)nn(C)c3=O)nc2C)oc1C. The summed E-state index contributed by atoms with van der Waals surface area (Å²) in [6.45, 7) is 9.29. The fraction of sp³-hybridized carbons (Fsp3) is 0.389. The van der Waals surface area contributed by atoms with Gasteiger partial charge in [-0.05, 0) is 40.2 Å². The molecule has 3 aromatic rings. The summed E-state index contributed by atoms with van der Waals surface area (Å²) in [5, 5.41) is 7.49. The van der Waals surface area contributed by atoms with Gasteiger partial charge >= 0.3 is 0 Å². The molecule has 142 valence electrons. The highest BCUT2D eigenvalue weighted by Gasteiger charge is 2.21. The molecule has 0 aliphatic rings. The Morgan fingerprint density at radius 3 is 2.44 bits per heavy atom. The molecule has 1 N–H and O–H groups in total. The fourth-order valence-corrected chi connectivity index (χ4v) is 3.74. The molecule has 0 spiro atoms. The number of nitrogens with zero attached hydrogens (tertiary/aromatic N) is 4. The van der Waals surface area contributed by atoms with Gasteiger partial charge in [-0.3, -0.25) is 9.59 Å². The third-order valence-corrected chi connectivity index (χ3v) is 5.59. The van der Waals surface area contributed by atoms with Crippen molar-refractivity contribution in [3.63, 3.8) is 0 Å². The van der Waals surface area contributed by atoms with Crippen LogP contribution < -0.4 is 10.9 Å². The van der Waals surface area contributed by atoms with Gasteiger partial charge < -0.3 is 9.73 Å². The molecule has 3 heterocycles. The average molecular weight is 387 g/mol. The van der Waals surface area contributed by atoms with E-state index in [-0.39, 0.29) is 18.0 Å². The van der Waals surface area contributed by atoms with Crippen molar-refractivity contribution in [1.82, 2.24) is 25.1 Å². The minimum absolute atomic E-state index is 0.190. The van der Waals surface area contributed by atoms with Crippen molar-refractivity contribution < 1.29 is 9.21 Å². The van der Waals surface area contributed by atoms with Crippen molar-refractivity contribution in [3.8, 4) is 10.6 Å². The fourth-order valence-electron chi connectivity index (χ4n) is 2.67. The Morgan fingerprint density at radius 2 is 1.81 bits per heavy atom. The normalized spacial score (nSPS) is 11.0. The number of hydrogen-bond donors (Lipinski definition) is 1. The van der Waals surface area contributed by atoms with Crippen molar-refractivity contribution in [2.24, 2.45) is 7.05 Å². The maximum atomic E-state index is 12.6. The van der Waals surface area contributed by atoms with Crippen molar-refractivity contribution in [3.05, 3.63) is 49.5 Å². The molecule has 9 heteroatoms. The highest BCUT2D eigenvalue weighted by atomic mass is 32.1. The van der Waals surface area contributed by atoms with Gasteiger partial charge in [0.25, 0.3) is 11.5 Å². The molecule has 0 aliphatic heterocycles. The Labute approximate surface area is 160 Å². The monoisotopic (exact) mass is 387 g/mol. The minimum atomic E-state index is -0.273. The summed E-state index contributed by atoms with van der Waals surface area (Å²) in [5.74, 6) is 0.912. The first-order chi connectivity index (χ1) is 12.7. The second-order valence-electron chi connectivity index (χ2n) is 6.38. The summed E-state index contributed by atoms with van der Waals surface area (Å²) in [6.07, 6.45) is 0. The molecule has 8 nitrogen and oxygen atoms in total. The van der Waals surface area contributed by atoms with Gasteiger partial charge in [-0.25, -0.2) is 14.6 Å². The van der Waals surface area contributed by atoms with Gasteiger partial charge in [-0.15, -0.1) is 11.3 Å². The highest BCUT2D eigenvalue weighted by molar-refractivity contribution is 7.17. The molecule has 1 amide bonds. The third kappa shape index (κ3) is 3.55. The molecule has 3 aromatic heterocycles. The van der Waals surface area contributed by atoms with E-state index in [9.17, 15) is 9.59 Å². The predicted octanol–water partition coefficient (Wildman–Crippen LogP) is 2.36. The Kier molecular flexibility index (Phi) is 4.97. The number of carbonyl (C=O) groups is 1. The van der Waals surface area contributed by atoms with E-state index in [0.717, 1.165) is 22.7 Å². The Balaban J connectivity index is 1.89. The zero-order chi connectivity index (χ0) is 19.9. The number of hydrogen-bond acceptors (Lipinski definition) is 7. The summed E-state index contributed by atoms with van der Waals surface area (Å²) in [5.41, 5.74) is 3.14. The second-order valence-corrected chi connectivity index (χ2v) is 7.38. The lowest BCUT2D eigenvalue weighted by molar-refractivity contribution is 0.0950. The van der Waals surface area contributed by atoms with E-state index < -0.39 is 0 Å². The molecule has 0 fully saturated rings. The zero-order valence-corrected chi connectivity index (χ0v) is 16.9. The van der Waals surface area contributed by atoms with Gasteiger partial charge in [-0.2, -0.15) is 5.10 Å². The molecule has 0 bridgehead atoms. The molecule has 0 saturated heterocycles. The van der Waals surface area contributed by atoms with Crippen molar-refractivity contribution in [2.45, 2.75) is 41.2 Å². The maximum Gasteiger partial charge on any atom is 0.277 e. The van der Waals surface area contributed by atoms with E-state index in [1.54, 1.807) is 14.0 Å². The summed E-state index contributed by atoms with van der Waals surface area (Å²) < 4.78 is 6.77. The topological polar surface area (TPSA) is 103 Å². The lowest BCUT2D eigenvalue weighted by Gasteiger charge is -2.07. The zero-order valence-electron chi connectivity index (χ0n) is 16.1. The van der Waals surface area contributed by atoms with Crippen molar-refractivity contribution >= 4 is 17.2 Å². The summed E-state index contributed by atoms with van der Waals surface area (Å²) >= 11 is 1.19. The third-order valence-electron chi connectivity index (χ3n) is 4.42. The predicted molar refractivity (Wildman–Crippen MR) is 102 cm³/mol. The molecular weight excluding hydrogens is 366 g/mol. The number of carbonyl (C=O) groups excluding carboxylic acids is 1. The number of aromatic nitrogens is 4. The van der Waals surface area contributed by atoms with Crippen LogP contribution in [0.5, 0.6) is 0 Å². The van der Waals surface area contributed by atoms with Crippen LogP contribution in [0, 0.1) is 34.6 Å². The minimum Gasteiger partial charge on any atom is -0.444 e. The van der Waals surface area contributed by atoms with E-state index in [4.69, 9.17) is 4.42 Å². The number of nitrogens with one attached hydrogen (secondary N) is 1. The van der Waals surface area contributed by atoms with E-state index in [1.165, 1.54) is 16.0 Å². The first-order valence-corrected chi connectivity index (χ1v) is 9.24. The van der Waals surface area contributed by atoms with Crippen LogP contribution in [-0.4, -0.2) is 25.7 Å². The Hall–Kier alpha value is -2.81. The molecule has 0 radical (unpaired) electrons. The Morgan fingerprint density at radius 1 is 1.11 bits per heavy atom. The first-order valence-electron chi connectivity index (χ1n) is 8.42. The van der Waals surface area contributed by atoms with Crippen LogP contribution in [0.2, 0.25) is 0 Å². The second kappa shape index (κ2) is 7.07. The van der Waals surface area contributed by atoms with Gasteiger partial charge in [-0.1, -0.05) is 0 Å². The van der Waals surface area contributed by atoms with E-state index in [1.807, 2.05) is 27.7 Å². The van der Waals surface area contributed by atoms with Crippen LogP contribution in [0.25, 0.3) is 10.6 Å². The van der Waals surface area contributed by atoms with Gasteiger partial charge in [0, 0.05) is 7.05 Å². The van der Waals surface area contributed by atoms with E-state index in [2.05, 4.69) is 20.4 Å². The smallest absolute Gasteiger partial charge is 0.277 e. The van der Waals surface area contributed by atoms with Gasteiger partial charge in [0.1, 0.15) is 15.6 Å². The molecule has 0 saturated carbocycles. The molecule has 0 aromatic carbocycles. The number of aryl methyl sites for hydroxylation is 5. The maximum absolute atomic E-state index is 12.6. The molecule has 27 heavy (non-hydrogen) atoms. The first kappa shape index (κ1) is 19.0. The molecule has 0 unspecified atom stereocenters. The standard InChI is InChI=1S/C18H21N5O3S/c1-8-9(2)22-23(6)18(25)14(8)17-21-11(4)15(27-17)16(24)19-7-13-20-10(3)12(5)26-13/h7H2,1-6H3,(H,19,24). The van der Waals surface area contributed by atoms with Crippen LogP contribution >= 0.6 is 11.3 Å². The average Bonchev–Trinajstić information content (AvgIpc) is 3.14. The lowest BCUT2D eigenvalue weighted by atomic mass is 10.1.